The molecule has 0 bridgehead atoms. The lowest BCUT2D eigenvalue weighted by Crippen LogP contribution is -2.57. The predicted octanol–water partition coefficient (Wildman–Crippen LogP) is 1.10. The predicted molar refractivity (Wildman–Crippen MR) is 93.4 cm³/mol. The summed E-state index contributed by atoms with van der Waals surface area (Å²) in [5, 5.41) is 3.27. The molecule has 0 saturated carbocycles. The lowest BCUT2D eigenvalue weighted by molar-refractivity contribution is 0.353. The smallest absolute Gasteiger partial charge is 0.194 e. The maximum absolute atomic E-state index is 12.1. The first-order valence-corrected chi connectivity index (χ1v) is 9.65. The summed E-state index contributed by atoms with van der Waals surface area (Å²) in [6.45, 7) is 7.98. The Morgan fingerprint density at radius 2 is 2.09 bits per heavy atom. The van der Waals surface area contributed by atoms with Crippen molar-refractivity contribution in [2.45, 2.75) is 31.9 Å². The third kappa shape index (κ3) is 4.43. The van der Waals surface area contributed by atoms with Gasteiger partial charge in [-0.25, -0.2) is 8.42 Å². The van der Waals surface area contributed by atoms with Crippen LogP contribution in [0.25, 0.3) is 0 Å². The first-order valence-electron chi connectivity index (χ1n) is 8.00. The molecule has 1 N–H and O–H groups in total. The Morgan fingerprint density at radius 3 is 2.70 bits per heavy atom. The van der Waals surface area contributed by atoms with E-state index in [4.69, 9.17) is 0 Å². The molecule has 0 spiro atoms. The average Bonchev–Trinajstić information content (AvgIpc) is 2.50. The van der Waals surface area contributed by atoms with Crippen LogP contribution in [0.15, 0.2) is 29.5 Å². The maximum Gasteiger partial charge on any atom is 0.194 e. The van der Waals surface area contributed by atoms with Crippen LogP contribution in [0.5, 0.6) is 0 Å². The van der Waals surface area contributed by atoms with E-state index in [1.165, 1.54) is 5.56 Å². The molecule has 1 saturated heterocycles. The molecule has 1 aliphatic rings. The molecule has 0 unspecified atom stereocenters. The Labute approximate surface area is 138 Å². The van der Waals surface area contributed by atoms with Crippen LogP contribution in [0.2, 0.25) is 0 Å². The van der Waals surface area contributed by atoms with Crippen molar-refractivity contribution in [3.63, 3.8) is 0 Å². The number of aromatic nitrogens is 1. The van der Waals surface area contributed by atoms with E-state index >= 15 is 0 Å². The molecule has 0 amide bonds. The normalized spacial score (nSPS) is 20.3. The van der Waals surface area contributed by atoms with Gasteiger partial charge >= 0.3 is 0 Å². The number of aliphatic imine (C=N–C) groups is 1. The molecule has 1 aromatic rings. The standard InChI is InChI=1S/C16H26N4O2S/c1-4-18-15(19-10-7-14-5-8-17-9-6-14)20-11-12-23(21,22)16(2,3)13-20/h5-6,8-9H,4,7,10-13H2,1-3H3,(H,18,19). The zero-order valence-corrected chi connectivity index (χ0v) is 14.9. The van der Waals surface area contributed by atoms with Gasteiger partial charge < -0.3 is 10.2 Å². The molecule has 128 valence electrons. The largest absolute Gasteiger partial charge is 0.357 e. The van der Waals surface area contributed by atoms with Crippen LogP contribution < -0.4 is 5.32 Å². The Bertz CT molecular complexity index is 641. The summed E-state index contributed by atoms with van der Waals surface area (Å²) in [6.07, 6.45) is 4.40. The van der Waals surface area contributed by atoms with Crippen LogP contribution in [-0.2, 0) is 16.3 Å². The van der Waals surface area contributed by atoms with E-state index in [0.29, 0.717) is 19.6 Å². The van der Waals surface area contributed by atoms with Gasteiger partial charge in [0.25, 0.3) is 0 Å². The molecule has 2 heterocycles. The van der Waals surface area contributed by atoms with E-state index in [9.17, 15) is 8.42 Å². The van der Waals surface area contributed by atoms with E-state index in [1.807, 2.05) is 19.1 Å². The van der Waals surface area contributed by atoms with E-state index < -0.39 is 14.6 Å². The van der Waals surface area contributed by atoms with E-state index in [2.05, 4.69) is 20.2 Å². The SMILES string of the molecule is CCNC(=NCCc1ccncc1)N1CCS(=O)(=O)C(C)(C)C1. The van der Waals surface area contributed by atoms with Crippen molar-refractivity contribution in [1.29, 1.82) is 0 Å². The van der Waals surface area contributed by atoms with Gasteiger partial charge in [-0.15, -0.1) is 0 Å². The summed E-state index contributed by atoms with van der Waals surface area (Å²) in [6, 6.07) is 3.97. The fourth-order valence-corrected chi connectivity index (χ4v) is 3.96. The quantitative estimate of drug-likeness (QED) is 0.657. The highest BCUT2D eigenvalue weighted by molar-refractivity contribution is 7.92. The number of guanidine groups is 1. The number of nitrogens with one attached hydrogen (secondary N) is 1. The minimum atomic E-state index is -3.04. The highest BCUT2D eigenvalue weighted by atomic mass is 32.2. The van der Waals surface area contributed by atoms with E-state index in [1.54, 1.807) is 26.2 Å². The van der Waals surface area contributed by atoms with Gasteiger partial charge in [0.1, 0.15) is 0 Å². The fraction of sp³-hybridized carbons (Fsp3) is 0.625. The minimum Gasteiger partial charge on any atom is -0.357 e. The van der Waals surface area contributed by atoms with Gasteiger partial charge in [-0.1, -0.05) is 0 Å². The van der Waals surface area contributed by atoms with Gasteiger partial charge in [-0.2, -0.15) is 0 Å². The van der Waals surface area contributed by atoms with Crippen LogP contribution in [0.4, 0.5) is 0 Å². The van der Waals surface area contributed by atoms with Crippen molar-refractivity contribution in [2.24, 2.45) is 4.99 Å². The lowest BCUT2D eigenvalue weighted by Gasteiger charge is -2.39. The summed E-state index contributed by atoms with van der Waals surface area (Å²) in [5.41, 5.74) is 1.20. The molecule has 1 fully saturated rings. The maximum atomic E-state index is 12.1. The number of sulfone groups is 1. The molecule has 2 rings (SSSR count). The van der Waals surface area contributed by atoms with Crippen molar-refractivity contribution >= 4 is 15.8 Å². The molecular weight excluding hydrogens is 312 g/mol. The van der Waals surface area contributed by atoms with Gasteiger partial charge in [-0.3, -0.25) is 9.98 Å². The second-order valence-electron chi connectivity index (χ2n) is 6.34. The molecule has 1 aliphatic heterocycles. The Hall–Kier alpha value is -1.63. The van der Waals surface area contributed by atoms with Crippen LogP contribution in [0.3, 0.4) is 0 Å². The van der Waals surface area contributed by atoms with Crippen LogP contribution in [0, 0.1) is 0 Å². The third-order valence-electron chi connectivity index (χ3n) is 4.09. The van der Waals surface area contributed by atoms with Crippen molar-refractivity contribution in [2.75, 3.05) is 31.9 Å². The average molecular weight is 338 g/mol. The summed E-state index contributed by atoms with van der Waals surface area (Å²) in [5.74, 6) is 0.971. The highest BCUT2D eigenvalue weighted by Gasteiger charge is 2.40. The first-order chi connectivity index (χ1) is 10.9. The number of hydrogen-bond donors (Lipinski definition) is 1. The number of nitrogens with zero attached hydrogens (tertiary/aromatic N) is 3. The molecule has 0 aliphatic carbocycles. The van der Waals surface area contributed by atoms with Crippen LogP contribution in [-0.4, -0.2) is 60.9 Å². The van der Waals surface area contributed by atoms with Gasteiger partial charge in [0.2, 0.25) is 0 Å². The lowest BCUT2D eigenvalue weighted by atomic mass is 10.2. The Kier molecular flexibility index (Phi) is 5.62. The van der Waals surface area contributed by atoms with Gasteiger partial charge in [0.15, 0.2) is 15.8 Å². The van der Waals surface area contributed by atoms with Gasteiger partial charge in [-0.05, 0) is 44.9 Å². The molecule has 0 atom stereocenters. The molecule has 1 aromatic heterocycles. The Balaban J connectivity index is 2.04. The fourth-order valence-electron chi connectivity index (χ4n) is 2.59. The van der Waals surface area contributed by atoms with Crippen LogP contribution in [0.1, 0.15) is 26.3 Å². The number of hydrogen-bond acceptors (Lipinski definition) is 4. The molecule has 23 heavy (non-hydrogen) atoms. The van der Waals surface area contributed by atoms with Gasteiger partial charge in [0.05, 0.1) is 10.5 Å². The molecule has 0 aromatic carbocycles. The van der Waals surface area contributed by atoms with Crippen molar-refractivity contribution in [3.8, 4) is 0 Å². The number of pyridine rings is 1. The van der Waals surface area contributed by atoms with Crippen molar-refractivity contribution in [1.82, 2.24) is 15.2 Å². The summed E-state index contributed by atoms with van der Waals surface area (Å²) in [7, 11) is -3.04. The first kappa shape index (κ1) is 17.7. The molecular formula is C16H26N4O2S. The molecule has 7 heteroatoms. The zero-order valence-electron chi connectivity index (χ0n) is 14.1. The van der Waals surface area contributed by atoms with E-state index in [-0.39, 0.29) is 5.75 Å². The second-order valence-corrected chi connectivity index (χ2v) is 9.08. The Morgan fingerprint density at radius 1 is 1.39 bits per heavy atom. The van der Waals surface area contributed by atoms with E-state index in [0.717, 1.165) is 18.9 Å². The summed E-state index contributed by atoms with van der Waals surface area (Å²) in [4.78, 5) is 10.7. The summed E-state index contributed by atoms with van der Waals surface area (Å²) < 4.78 is 23.5. The van der Waals surface area contributed by atoms with Crippen molar-refractivity contribution < 1.29 is 8.42 Å². The topological polar surface area (TPSA) is 74.7 Å². The van der Waals surface area contributed by atoms with Gasteiger partial charge in [0, 0.05) is 38.6 Å². The van der Waals surface area contributed by atoms with Crippen molar-refractivity contribution in [3.05, 3.63) is 30.1 Å². The second kappa shape index (κ2) is 7.29. The van der Waals surface area contributed by atoms with Crippen LogP contribution >= 0.6 is 0 Å². The molecule has 6 nitrogen and oxygen atoms in total. The summed E-state index contributed by atoms with van der Waals surface area (Å²) >= 11 is 0. The molecule has 0 radical (unpaired) electrons. The third-order valence-corrected chi connectivity index (χ3v) is 6.62. The monoisotopic (exact) mass is 338 g/mol. The highest BCUT2D eigenvalue weighted by Crippen LogP contribution is 2.23. The zero-order chi connectivity index (χ0) is 16.9. The minimum absolute atomic E-state index is 0.175. The number of rotatable bonds is 4.